The Bertz CT molecular complexity index is 143. The van der Waals surface area contributed by atoms with Crippen LogP contribution >= 0.6 is 0 Å². The van der Waals surface area contributed by atoms with Crippen molar-refractivity contribution >= 4 is 0 Å². The number of hydrogen-bond acceptors (Lipinski definition) is 2. The number of aliphatic hydroxyl groups is 1. The Labute approximate surface area is 89.3 Å². The fraction of sp³-hybridized carbons (Fsp3) is 1.00. The molecule has 0 saturated carbocycles. The molecule has 0 rings (SSSR count). The minimum absolute atomic E-state index is 0.316. The molecule has 14 heavy (non-hydrogen) atoms. The van der Waals surface area contributed by atoms with E-state index in [9.17, 15) is 5.11 Å². The van der Waals surface area contributed by atoms with E-state index in [1.54, 1.807) is 0 Å². The van der Waals surface area contributed by atoms with Crippen LogP contribution in [0.1, 0.15) is 47.0 Å². The molecule has 0 spiro atoms. The summed E-state index contributed by atoms with van der Waals surface area (Å²) in [6.07, 6.45) is 3.78. The van der Waals surface area contributed by atoms with Crippen molar-refractivity contribution in [3.63, 3.8) is 0 Å². The van der Waals surface area contributed by atoms with Crippen LogP contribution in [-0.2, 0) is 0 Å². The molecule has 1 N–H and O–H groups in total. The van der Waals surface area contributed by atoms with Gasteiger partial charge in [0.2, 0.25) is 0 Å². The summed E-state index contributed by atoms with van der Waals surface area (Å²) in [7, 11) is 2.09. The van der Waals surface area contributed by atoms with Gasteiger partial charge in [0.15, 0.2) is 0 Å². The number of unbranched alkanes of at least 4 members (excludes halogenated alkanes) is 2. The van der Waals surface area contributed by atoms with Crippen LogP contribution in [0.3, 0.4) is 0 Å². The molecule has 0 radical (unpaired) electrons. The monoisotopic (exact) mass is 201 g/mol. The summed E-state index contributed by atoms with van der Waals surface area (Å²) in [4.78, 5) is 2.23. The molecule has 0 bridgehead atoms. The highest BCUT2D eigenvalue weighted by Gasteiger charge is 2.25. The van der Waals surface area contributed by atoms with E-state index in [1.165, 1.54) is 19.3 Å². The molecular formula is C12H27NO. The van der Waals surface area contributed by atoms with E-state index >= 15 is 0 Å². The lowest BCUT2D eigenvalue weighted by Gasteiger charge is -2.32. The van der Waals surface area contributed by atoms with Crippen molar-refractivity contribution < 1.29 is 5.11 Å². The van der Waals surface area contributed by atoms with Gasteiger partial charge < -0.3 is 10.0 Å². The SMILES string of the molecule is CCCCCN(C)CC(C)(O)C(C)C. The third-order valence-corrected chi connectivity index (χ3v) is 2.98. The number of likely N-dealkylation sites (N-methyl/N-ethyl adjacent to an activating group) is 1. The second-order valence-corrected chi connectivity index (χ2v) is 4.96. The van der Waals surface area contributed by atoms with Crippen LogP contribution < -0.4 is 0 Å². The fourth-order valence-corrected chi connectivity index (χ4v) is 1.44. The third-order valence-electron chi connectivity index (χ3n) is 2.98. The van der Waals surface area contributed by atoms with E-state index in [1.807, 2.05) is 6.92 Å². The summed E-state index contributed by atoms with van der Waals surface area (Å²) in [5.41, 5.74) is -0.555. The van der Waals surface area contributed by atoms with Crippen LogP contribution in [0, 0.1) is 5.92 Å². The normalized spacial score (nSPS) is 16.3. The Hall–Kier alpha value is -0.0800. The molecule has 0 aliphatic heterocycles. The molecule has 0 heterocycles. The third kappa shape index (κ3) is 5.61. The average Bonchev–Trinajstić information content (AvgIpc) is 2.03. The highest BCUT2D eigenvalue weighted by Crippen LogP contribution is 2.17. The molecule has 86 valence electrons. The second kappa shape index (κ2) is 6.41. The zero-order valence-corrected chi connectivity index (χ0v) is 10.5. The summed E-state index contributed by atoms with van der Waals surface area (Å²) < 4.78 is 0. The molecule has 0 saturated heterocycles. The molecule has 0 fully saturated rings. The molecule has 2 heteroatoms. The van der Waals surface area contributed by atoms with Crippen molar-refractivity contribution in [3.8, 4) is 0 Å². The highest BCUT2D eigenvalue weighted by atomic mass is 16.3. The van der Waals surface area contributed by atoms with Gasteiger partial charge in [0.25, 0.3) is 0 Å². The predicted octanol–water partition coefficient (Wildman–Crippen LogP) is 2.52. The highest BCUT2D eigenvalue weighted by molar-refractivity contribution is 4.79. The molecule has 0 aromatic heterocycles. The van der Waals surface area contributed by atoms with Gasteiger partial charge in [-0.2, -0.15) is 0 Å². The van der Waals surface area contributed by atoms with E-state index in [0.717, 1.165) is 13.1 Å². The van der Waals surface area contributed by atoms with E-state index in [4.69, 9.17) is 0 Å². The first-order valence-electron chi connectivity index (χ1n) is 5.81. The minimum Gasteiger partial charge on any atom is -0.389 e. The lowest BCUT2D eigenvalue weighted by Crippen LogP contribution is -2.43. The molecular weight excluding hydrogens is 174 g/mol. The van der Waals surface area contributed by atoms with E-state index in [-0.39, 0.29) is 0 Å². The van der Waals surface area contributed by atoms with Crippen LogP contribution in [0.15, 0.2) is 0 Å². The fourth-order valence-electron chi connectivity index (χ4n) is 1.44. The first kappa shape index (κ1) is 13.9. The molecule has 1 unspecified atom stereocenters. The predicted molar refractivity (Wildman–Crippen MR) is 62.5 cm³/mol. The Morgan fingerprint density at radius 2 is 1.86 bits per heavy atom. The molecule has 0 aromatic rings. The maximum absolute atomic E-state index is 10.1. The second-order valence-electron chi connectivity index (χ2n) is 4.96. The average molecular weight is 201 g/mol. The summed E-state index contributed by atoms with van der Waals surface area (Å²) in [5, 5.41) is 10.1. The van der Waals surface area contributed by atoms with Crippen LogP contribution in [0.4, 0.5) is 0 Å². The van der Waals surface area contributed by atoms with Gasteiger partial charge in [-0.05, 0) is 32.9 Å². The Morgan fingerprint density at radius 1 is 1.29 bits per heavy atom. The van der Waals surface area contributed by atoms with Crippen LogP contribution in [0.2, 0.25) is 0 Å². The van der Waals surface area contributed by atoms with Gasteiger partial charge in [-0.15, -0.1) is 0 Å². The van der Waals surface area contributed by atoms with Crippen molar-refractivity contribution in [1.29, 1.82) is 0 Å². The maximum Gasteiger partial charge on any atom is 0.0768 e. The molecule has 0 aliphatic carbocycles. The summed E-state index contributed by atoms with van der Waals surface area (Å²) in [6, 6.07) is 0. The van der Waals surface area contributed by atoms with Gasteiger partial charge in [0.05, 0.1) is 5.60 Å². The minimum atomic E-state index is -0.555. The van der Waals surface area contributed by atoms with Gasteiger partial charge in [-0.25, -0.2) is 0 Å². The Kier molecular flexibility index (Phi) is 6.38. The Morgan fingerprint density at radius 3 is 2.29 bits per heavy atom. The van der Waals surface area contributed by atoms with Gasteiger partial charge in [0.1, 0.15) is 0 Å². The van der Waals surface area contributed by atoms with Crippen molar-refractivity contribution in [2.45, 2.75) is 52.6 Å². The standard InChI is InChI=1S/C12H27NO/c1-6-7-8-9-13(5)10-12(4,14)11(2)3/h11,14H,6-10H2,1-5H3. The quantitative estimate of drug-likeness (QED) is 0.640. The van der Waals surface area contributed by atoms with Crippen molar-refractivity contribution in [3.05, 3.63) is 0 Å². The first-order chi connectivity index (χ1) is 6.40. The molecule has 0 aliphatic rings. The van der Waals surface area contributed by atoms with Gasteiger partial charge >= 0.3 is 0 Å². The first-order valence-corrected chi connectivity index (χ1v) is 5.81. The lowest BCUT2D eigenvalue weighted by atomic mass is 9.92. The molecule has 0 aromatic carbocycles. The number of rotatable bonds is 7. The summed E-state index contributed by atoms with van der Waals surface area (Å²) in [6.45, 7) is 10.1. The lowest BCUT2D eigenvalue weighted by molar-refractivity contribution is -0.0132. The van der Waals surface area contributed by atoms with E-state index < -0.39 is 5.60 Å². The van der Waals surface area contributed by atoms with Gasteiger partial charge in [0, 0.05) is 6.54 Å². The topological polar surface area (TPSA) is 23.5 Å². The van der Waals surface area contributed by atoms with Crippen LogP contribution in [-0.4, -0.2) is 35.7 Å². The summed E-state index contributed by atoms with van der Waals surface area (Å²) >= 11 is 0. The molecule has 0 amide bonds. The molecule has 1 atom stereocenters. The molecule has 2 nitrogen and oxygen atoms in total. The smallest absolute Gasteiger partial charge is 0.0768 e. The van der Waals surface area contributed by atoms with E-state index in [2.05, 4.69) is 32.7 Å². The largest absolute Gasteiger partial charge is 0.389 e. The summed E-state index contributed by atoms with van der Waals surface area (Å²) in [5.74, 6) is 0.316. The van der Waals surface area contributed by atoms with Crippen LogP contribution in [0.25, 0.3) is 0 Å². The number of hydrogen-bond donors (Lipinski definition) is 1. The van der Waals surface area contributed by atoms with E-state index in [0.29, 0.717) is 5.92 Å². The Balaban J connectivity index is 3.75. The van der Waals surface area contributed by atoms with Crippen molar-refractivity contribution in [2.75, 3.05) is 20.1 Å². The van der Waals surface area contributed by atoms with Gasteiger partial charge in [-0.1, -0.05) is 33.6 Å². The van der Waals surface area contributed by atoms with Crippen molar-refractivity contribution in [1.82, 2.24) is 4.90 Å². The van der Waals surface area contributed by atoms with Crippen molar-refractivity contribution in [2.24, 2.45) is 5.92 Å². The zero-order valence-electron chi connectivity index (χ0n) is 10.5. The zero-order chi connectivity index (χ0) is 11.2. The maximum atomic E-state index is 10.1. The van der Waals surface area contributed by atoms with Crippen LogP contribution in [0.5, 0.6) is 0 Å². The number of nitrogens with zero attached hydrogens (tertiary/aromatic N) is 1. The van der Waals surface area contributed by atoms with Gasteiger partial charge in [-0.3, -0.25) is 0 Å².